The van der Waals surface area contributed by atoms with Gasteiger partial charge in [-0.2, -0.15) is 0 Å². The smallest absolute Gasteiger partial charge is 0.264 e. The van der Waals surface area contributed by atoms with E-state index in [4.69, 9.17) is 24.7 Å². The summed E-state index contributed by atoms with van der Waals surface area (Å²) in [5, 5.41) is 5.31. The molecule has 1 aromatic carbocycles. The summed E-state index contributed by atoms with van der Waals surface area (Å²) in [7, 11) is 0. The summed E-state index contributed by atoms with van der Waals surface area (Å²) in [5.41, 5.74) is 6.26. The van der Waals surface area contributed by atoms with Crippen LogP contribution in [-0.4, -0.2) is 101 Å². The second-order valence-electron chi connectivity index (χ2n) is 7.84. The van der Waals surface area contributed by atoms with Gasteiger partial charge in [0, 0.05) is 25.2 Å². The maximum absolute atomic E-state index is 13.0. The lowest BCUT2D eigenvalue weighted by Crippen LogP contribution is -2.54. The monoisotopic (exact) mass is 492 g/mol. The minimum absolute atomic E-state index is 0.0766. The van der Waals surface area contributed by atoms with Crippen molar-refractivity contribution in [3.8, 4) is 0 Å². The predicted octanol–water partition coefficient (Wildman–Crippen LogP) is -0.475. The zero-order valence-electron chi connectivity index (χ0n) is 19.6. The van der Waals surface area contributed by atoms with E-state index in [1.165, 1.54) is 0 Å². The summed E-state index contributed by atoms with van der Waals surface area (Å²) in [6, 6.07) is 3.92. The third-order valence-corrected chi connectivity index (χ3v) is 5.41. The van der Waals surface area contributed by atoms with Gasteiger partial charge in [0.15, 0.2) is 0 Å². The van der Waals surface area contributed by atoms with E-state index in [9.17, 15) is 19.2 Å². The summed E-state index contributed by atoms with van der Waals surface area (Å²) < 4.78 is 21.5. The molecule has 0 radical (unpaired) electrons. The van der Waals surface area contributed by atoms with Crippen molar-refractivity contribution in [2.24, 2.45) is 5.73 Å². The Labute approximate surface area is 203 Å². The lowest BCUT2D eigenvalue weighted by molar-refractivity contribution is -0.136. The molecule has 1 aromatic rings. The summed E-state index contributed by atoms with van der Waals surface area (Å²) in [6.45, 7) is 4.52. The summed E-state index contributed by atoms with van der Waals surface area (Å²) in [6.07, 6.45) is 0.192. The van der Waals surface area contributed by atoms with Crippen LogP contribution in [0.15, 0.2) is 18.2 Å². The van der Waals surface area contributed by atoms with Gasteiger partial charge in [0.25, 0.3) is 11.8 Å². The summed E-state index contributed by atoms with van der Waals surface area (Å²) >= 11 is 0. The maximum atomic E-state index is 13.0. The zero-order chi connectivity index (χ0) is 25.0. The molecule has 1 fully saturated rings. The molecule has 0 unspecified atom stereocenters. The van der Waals surface area contributed by atoms with Gasteiger partial charge in [-0.15, -0.1) is 0 Å². The van der Waals surface area contributed by atoms with Crippen LogP contribution < -0.4 is 16.4 Å². The fraction of sp³-hybridized carbons (Fsp3) is 0.565. The van der Waals surface area contributed by atoms with Gasteiger partial charge in [0.05, 0.1) is 64.0 Å². The Morgan fingerprint density at radius 1 is 0.886 bits per heavy atom. The number of piperidine rings is 1. The number of rotatable bonds is 16. The van der Waals surface area contributed by atoms with E-state index in [1.807, 2.05) is 0 Å². The number of hydrogen-bond acceptors (Lipinski definition) is 10. The van der Waals surface area contributed by atoms with Crippen LogP contribution in [0.2, 0.25) is 0 Å². The largest absolute Gasteiger partial charge is 0.382 e. The SMILES string of the molecule is NCCOCCOCCOCCOCCNc1cccc2c1C(=O)N([C@H]1CCC(=O)NC1=O)C2=O. The van der Waals surface area contributed by atoms with Crippen LogP contribution in [0.1, 0.15) is 33.6 Å². The van der Waals surface area contributed by atoms with Crippen LogP contribution in [0.4, 0.5) is 5.69 Å². The molecule has 4 N–H and O–H groups in total. The van der Waals surface area contributed by atoms with Crippen molar-refractivity contribution in [3.63, 3.8) is 0 Å². The Balaban J connectivity index is 1.35. The highest BCUT2D eigenvalue weighted by Crippen LogP contribution is 2.32. The van der Waals surface area contributed by atoms with E-state index in [-0.39, 0.29) is 24.0 Å². The number of carbonyl (C=O) groups excluding carboxylic acids is 4. The van der Waals surface area contributed by atoms with Gasteiger partial charge in [0.1, 0.15) is 6.04 Å². The summed E-state index contributed by atoms with van der Waals surface area (Å²) in [4.78, 5) is 50.4. The molecular formula is C23H32N4O8. The van der Waals surface area contributed by atoms with E-state index in [0.29, 0.717) is 71.6 Å². The number of anilines is 1. The maximum Gasteiger partial charge on any atom is 0.264 e. The fourth-order valence-electron chi connectivity index (χ4n) is 3.77. The molecule has 1 saturated heterocycles. The van der Waals surface area contributed by atoms with E-state index >= 15 is 0 Å². The number of nitrogens with one attached hydrogen (secondary N) is 2. The molecule has 2 aliphatic rings. The van der Waals surface area contributed by atoms with Crippen LogP contribution in [0.3, 0.4) is 0 Å². The molecule has 2 heterocycles. The van der Waals surface area contributed by atoms with Crippen LogP contribution in [0.25, 0.3) is 0 Å². The number of imide groups is 2. The van der Waals surface area contributed by atoms with Crippen LogP contribution >= 0.6 is 0 Å². The standard InChI is InChI=1S/C23H32N4O8/c24-6-8-32-10-12-34-14-15-35-13-11-33-9-7-25-17-3-1-2-16-20(17)23(31)27(22(16)30)18-4-5-19(28)26-21(18)29/h1-3,18,25H,4-15,24H2,(H,26,28,29)/t18-/m0/s1. The first-order chi connectivity index (χ1) is 17.0. The fourth-order valence-corrected chi connectivity index (χ4v) is 3.77. The molecule has 0 saturated carbocycles. The topological polar surface area (TPSA) is 159 Å². The van der Waals surface area contributed by atoms with Crippen molar-refractivity contribution in [1.29, 1.82) is 0 Å². The number of nitrogens with zero attached hydrogens (tertiary/aromatic N) is 1. The second-order valence-corrected chi connectivity index (χ2v) is 7.84. The third kappa shape index (κ3) is 7.29. The van der Waals surface area contributed by atoms with Gasteiger partial charge >= 0.3 is 0 Å². The molecule has 0 aromatic heterocycles. The van der Waals surface area contributed by atoms with Crippen molar-refractivity contribution in [1.82, 2.24) is 10.2 Å². The molecule has 12 nitrogen and oxygen atoms in total. The van der Waals surface area contributed by atoms with Crippen molar-refractivity contribution >= 4 is 29.3 Å². The molecule has 0 aliphatic carbocycles. The molecule has 2 aliphatic heterocycles. The second kappa shape index (κ2) is 13.9. The van der Waals surface area contributed by atoms with Crippen LogP contribution in [-0.2, 0) is 28.5 Å². The highest BCUT2D eigenvalue weighted by molar-refractivity contribution is 6.25. The van der Waals surface area contributed by atoms with Gasteiger partial charge in [-0.05, 0) is 18.6 Å². The number of benzene rings is 1. The minimum atomic E-state index is -0.994. The van der Waals surface area contributed by atoms with E-state index in [0.717, 1.165) is 4.90 Å². The van der Waals surface area contributed by atoms with Crippen molar-refractivity contribution in [2.45, 2.75) is 18.9 Å². The molecule has 0 bridgehead atoms. The molecular weight excluding hydrogens is 460 g/mol. The molecule has 12 heteroatoms. The van der Waals surface area contributed by atoms with E-state index in [2.05, 4.69) is 10.6 Å². The first kappa shape index (κ1) is 26.7. The number of fused-ring (bicyclic) bond motifs is 1. The van der Waals surface area contributed by atoms with Gasteiger partial charge in [-0.3, -0.25) is 29.4 Å². The molecule has 3 rings (SSSR count). The predicted molar refractivity (Wildman–Crippen MR) is 124 cm³/mol. The van der Waals surface area contributed by atoms with Crippen LogP contribution in [0, 0.1) is 0 Å². The third-order valence-electron chi connectivity index (χ3n) is 5.41. The number of carbonyl (C=O) groups is 4. The van der Waals surface area contributed by atoms with Crippen LogP contribution in [0.5, 0.6) is 0 Å². The first-order valence-electron chi connectivity index (χ1n) is 11.6. The average molecular weight is 493 g/mol. The molecule has 192 valence electrons. The van der Waals surface area contributed by atoms with Crippen molar-refractivity contribution < 1.29 is 38.1 Å². The Morgan fingerprint density at radius 2 is 1.51 bits per heavy atom. The first-order valence-corrected chi connectivity index (χ1v) is 11.6. The lowest BCUT2D eigenvalue weighted by atomic mass is 10.0. The van der Waals surface area contributed by atoms with Crippen molar-refractivity contribution in [2.75, 3.05) is 71.3 Å². The quantitative estimate of drug-likeness (QED) is 0.203. The molecule has 0 spiro atoms. The van der Waals surface area contributed by atoms with Gasteiger partial charge in [-0.1, -0.05) is 6.07 Å². The minimum Gasteiger partial charge on any atom is -0.382 e. The Morgan fingerprint density at radius 3 is 2.14 bits per heavy atom. The number of amides is 4. The van der Waals surface area contributed by atoms with Crippen molar-refractivity contribution in [3.05, 3.63) is 29.3 Å². The van der Waals surface area contributed by atoms with E-state index in [1.54, 1.807) is 18.2 Å². The number of nitrogens with two attached hydrogens (primary N) is 1. The van der Waals surface area contributed by atoms with Gasteiger partial charge in [0.2, 0.25) is 11.8 Å². The molecule has 4 amide bonds. The normalized spacial score (nSPS) is 17.6. The Hall–Kier alpha value is -2.90. The number of hydrogen-bond donors (Lipinski definition) is 3. The lowest BCUT2D eigenvalue weighted by Gasteiger charge is -2.27. The van der Waals surface area contributed by atoms with Gasteiger partial charge < -0.3 is 30.0 Å². The summed E-state index contributed by atoms with van der Waals surface area (Å²) in [5.74, 6) is -2.13. The highest BCUT2D eigenvalue weighted by Gasteiger charge is 2.45. The molecule has 35 heavy (non-hydrogen) atoms. The Kier molecular flexibility index (Phi) is 10.6. The average Bonchev–Trinajstić information content (AvgIpc) is 3.10. The number of ether oxygens (including phenoxy) is 4. The highest BCUT2D eigenvalue weighted by atomic mass is 16.6. The Bertz CT molecular complexity index is 910. The van der Waals surface area contributed by atoms with Gasteiger partial charge in [-0.25, -0.2) is 0 Å². The molecule has 1 atom stereocenters. The van der Waals surface area contributed by atoms with E-state index < -0.39 is 29.7 Å². The zero-order valence-corrected chi connectivity index (χ0v) is 19.6.